The van der Waals surface area contributed by atoms with Crippen molar-refractivity contribution in [1.82, 2.24) is 15.2 Å². The van der Waals surface area contributed by atoms with Crippen molar-refractivity contribution in [2.24, 2.45) is 0 Å². The van der Waals surface area contributed by atoms with Crippen molar-refractivity contribution in [3.05, 3.63) is 29.6 Å². The highest BCUT2D eigenvalue weighted by molar-refractivity contribution is 5.12. The lowest BCUT2D eigenvalue weighted by molar-refractivity contribution is 0.243. The zero-order chi connectivity index (χ0) is 10.5. The van der Waals surface area contributed by atoms with Gasteiger partial charge < -0.3 is 10.2 Å². The van der Waals surface area contributed by atoms with Gasteiger partial charge in [0.05, 0.1) is 0 Å². The highest BCUT2D eigenvalue weighted by Gasteiger charge is 2.08. The first kappa shape index (κ1) is 10.6. The van der Waals surface area contributed by atoms with Crippen LogP contribution in [0.25, 0.3) is 0 Å². The number of aromatic nitrogens is 1. The number of pyridine rings is 1. The number of nitrogens with zero attached hydrogens (tertiary/aromatic N) is 2. The van der Waals surface area contributed by atoms with Gasteiger partial charge in [-0.1, -0.05) is 6.07 Å². The Hall–Kier alpha value is -0.930. The standard InChI is InChI=1S/C12H19N3/c1-11-2-3-12(14-10-11)4-7-15-8-5-13-6-9-15/h2-3,10,13H,4-9H2,1H3. The summed E-state index contributed by atoms with van der Waals surface area (Å²) >= 11 is 0. The SMILES string of the molecule is Cc1ccc(CCN2CCNCC2)nc1. The summed E-state index contributed by atoms with van der Waals surface area (Å²) in [6.07, 6.45) is 3.02. The molecule has 0 saturated carbocycles. The lowest BCUT2D eigenvalue weighted by Gasteiger charge is -2.26. The molecule has 1 aliphatic heterocycles. The number of hydrogen-bond donors (Lipinski definition) is 1. The third-order valence-electron chi connectivity index (χ3n) is 2.87. The van der Waals surface area contributed by atoms with Crippen molar-refractivity contribution in [3.8, 4) is 0 Å². The number of hydrogen-bond acceptors (Lipinski definition) is 3. The minimum atomic E-state index is 1.07. The van der Waals surface area contributed by atoms with Gasteiger partial charge in [-0.3, -0.25) is 4.98 Å². The minimum absolute atomic E-state index is 1.07. The topological polar surface area (TPSA) is 28.2 Å². The maximum Gasteiger partial charge on any atom is 0.0416 e. The van der Waals surface area contributed by atoms with Crippen LogP contribution in [0.4, 0.5) is 0 Å². The van der Waals surface area contributed by atoms with Crippen LogP contribution in [0.2, 0.25) is 0 Å². The van der Waals surface area contributed by atoms with Crippen LogP contribution in [0.5, 0.6) is 0 Å². The maximum absolute atomic E-state index is 4.42. The van der Waals surface area contributed by atoms with Crippen molar-refractivity contribution in [2.75, 3.05) is 32.7 Å². The monoisotopic (exact) mass is 205 g/mol. The first-order valence-electron chi connectivity index (χ1n) is 5.69. The van der Waals surface area contributed by atoms with Gasteiger partial charge in [0.1, 0.15) is 0 Å². The van der Waals surface area contributed by atoms with E-state index in [-0.39, 0.29) is 0 Å². The van der Waals surface area contributed by atoms with E-state index < -0.39 is 0 Å². The molecular weight excluding hydrogens is 186 g/mol. The molecule has 0 spiro atoms. The summed E-state index contributed by atoms with van der Waals surface area (Å²) in [5.41, 5.74) is 2.44. The molecule has 1 aromatic heterocycles. The predicted octanol–water partition coefficient (Wildman–Crippen LogP) is 0.838. The molecule has 1 aliphatic rings. The van der Waals surface area contributed by atoms with Gasteiger partial charge in [-0.2, -0.15) is 0 Å². The molecule has 0 radical (unpaired) electrons. The molecule has 1 aromatic rings. The molecule has 0 bridgehead atoms. The number of nitrogens with one attached hydrogen (secondary N) is 1. The van der Waals surface area contributed by atoms with Gasteiger partial charge in [0.15, 0.2) is 0 Å². The summed E-state index contributed by atoms with van der Waals surface area (Å²) in [7, 11) is 0. The van der Waals surface area contributed by atoms with Gasteiger partial charge in [-0.15, -0.1) is 0 Å². The Balaban J connectivity index is 1.79. The summed E-state index contributed by atoms with van der Waals surface area (Å²) in [4.78, 5) is 6.92. The van der Waals surface area contributed by atoms with Gasteiger partial charge >= 0.3 is 0 Å². The fourth-order valence-corrected chi connectivity index (χ4v) is 1.85. The normalized spacial score (nSPS) is 17.9. The molecule has 1 fully saturated rings. The molecule has 0 aliphatic carbocycles. The van der Waals surface area contributed by atoms with E-state index in [1.54, 1.807) is 0 Å². The quantitative estimate of drug-likeness (QED) is 0.792. The van der Waals surface area contributed by atoms with Crippen molar-refractivity contribution in [2.45, 2.75) is 13.3 Å². The zero-order valence-corrected chi connectivity index (χ0v) is 9.37. The average Bonchev–Trinajstić information content (AvgIpc) is 2.30. The van der Waals surface area contributed by atoms with E-state index in [2.05, 4.69) is 34.3 Å². The Morgan fingerprint density at radius 2 is 2.13 bits per heavy atom. The van der Waals surface area contributed by atoms with E-state index in [0.29, 0.717) is 0 Å². The molecule has 2 rings (SSSR count). The Morgan fingerprint density at radius 3 is 2.80 bits per heavy atom. The van der Waals surface area contributed by atoms with Crippen LogP contribution in [-0.2, 0) is 6.42 Å². The fourth-order valence-electron chi connectivity index (χ4n) is 1.85. The lowest BCUT2D eigenvalue weighted by Crippen LogP contribution is -2.44. The predicted molar refractivity (Wildman–Crippen MR) is 62.0 cm³/mol. The van der Waals surface area contributed by atoms with Crippen molar-refractivity contribution in [3.63, 3.8) is 0 Å². The van der Waals surface area contributed by atoms with E-state index in [1.165, 1.54) is 24.3 Å². The van der Waals surface area contributed by atoms with Crippen LogP contribution in [0, 0.1) is 6.92 Å². The first-order chi connectivity index (χ1) is 7.34. The van der Waals surface area contributed by atoms with Crippen molar-refractivity contribution in [1.29, 1.82) is 0 Å². The molecule has 0 atom stereocenters. The van der Waals surface area contributed by atoms with Gasteiger partial charge in [0.25, 0.3) is 0 Å². The van der Waals surface area contributed by atoms with Crippen LogP contribution in [0.15, 0.2) is 18.3 Å². The molecule has 3 nitrogen and oxygen atoms in total. The molecule has 2 heterocycles. The summed E-state index contributed by atoms with van der Waals surface area (Å²) < 4.78 is 0. The van der Waals surface area contributed by atoms with Crippen LogP contribution in [0.1, 0.15) is 11.3 Å². The first-order valence-corrected chi connectivity index (χ1v) is 5.69. The van der Waals surface area contributed by atoms with E-state index in [0.717, 1.165) is 26.1 Å². The van der Waals surface area contributed by atoms with Crippen LogP contribution in [0.3, 0.4) is 0 Å². The largest absolute Gasteiger partial charge is 0.314 e. The van der Waals surface area contributed by atoms with E-state index >= 15 is 0 Å². The van der Waals surface area contributed by atoms with Gasteiger partial charge in [0.2, 0.25) is 0 Å². The molecule has 3 heteroatoms. The van der Waals surface area contributed by atoms with Crippen LogP contribution >= 0.6 is 0 Å². The molecule has 82 valence electrons. The van der Waals surface area contributed by atoms with E-state index in [1.807, 2.05) is 6.20 Å². The Morgan fingerprint density at radius 1 is 1.33 bits per heavy atom. The molecule has 15 heavy (non-hydrogen) atoms. The Labute approximate surface area is 91.5 Å². The van der Waals surface area contributed by atoms with E-state index in [4.69, 9.17) is 0 Å². The van der Waals surface area contributed by atoms with E-state index in [9.17, 15) is 0 Å². The zero-order valence-electron chi connectivity index (χ0n) is 9.37. The molecule has 0 unspecified atom stereocenters. The second-order valence-corrected chi connectivity index (χ2v) is 4.17. The smallest absolute Gasteiger partial charge is 0.0416 e. The van der Waals surface area contributed by atoms with Crippen LogP contribution in [-0.4, -0.2) is 42.6 Å². The van der Waals surface area contributed by atoms with Crippen molar-refractivity contribution < 1.29 is 0 Å². The summed E-state index contributed by atoms with van der Waals surface area (Å²) in [5, 5.41) is 3.36. The number of piperazine rings is 1. The Kier molecular flexibility index (Phi) is 3.69. The summed E-state index contributed by atoms with van der Waals surface area (Å²) in [5.74, 6) is 0. The van der Waals surface area contributed by atoms with Gasteiger partial charge in [0, 0.05) is 51.0 Å². The third kappa shape index (κ3) is 3.29. The molecule has 0 aromatic carbocycles. The fraction of sp³-hybridized carbons (Fsp3) is 0.583. The van der Waals surface area contributed by atoms with Gasteiger partial charge in [-0.05, 0) is 18.6 Å². The molecular formula is C12H19N3. The molecule has 1 N–H and O–H groups in total. The number of rotatable bonds is 3. The average molecular weight is 205 g/mol. The molecule has 1 saturated heterocycles. The lowest BCUT2D eigenvalue weighted by atomic mass is 10.2. The summed E-state index contributed by atoms with van der Waals surface area (Å²) in [6, 6.07) is 4.28. The number of aryl methyl sites for hydroxylation is 1. The van der Waals surface area contributed by atoms with Crippen molar-refractivity contribution >= 4 is 0 Å². The highest BCUT2D eigenvalue weighted by Crippen LogP contribution is 2.01. The third-order valence-corrected chi connectivity index (χ3v) is 2.87. The Bertz CT molecular complexity index is 288. The maximum atomic E-state index is 4.42. The second-order valence-electron chi connectivity index (χ2n) is 4.17. The van der Waals surface area contributed by atoms with Gasteiger partial charge in [-0.25, -0.2) is 0 Å². The van der Waals surface area contributed by atoms with Crippen LogP contribution < -0.4 is 5.32 Å². The second kappa shape index (κ2) is 5.24. The summed E-state index contributed by atoms with van der Waals surface area (Å²) in [6.45, 7) is 7.81. The molecule has 0 amide bonds. The minimum Gasteiger partial charge on any atom is -0.314 e. The highest BCUT2D eigenvalue weighted by atomic mass is 15.2.